The van der Waals surface area contributed by atoms with E-state index in [1.165, 1.54) is 11.3 Å². The molecule has 0 spiro atoms. The summed E-state index contributed by atoms with van der Waals surface area (Å²) in [5.41, 5.74) is 4.56. The van der Waals surface area contributed by atoms with Crippen LogP contribution >= 0.6 is 0 Å². The van der Waals surface area contributed by atoms with E-state index >= 15 is 0 Å². The van der Waals surface area contributed by atoms with E-state index in [0.717, 1.165) is 37.8 Å². The van der Waals surface area contributed by atoms with Crippen molar-refractivity contribution in [2.75, 3.05) is 18.0 Å². The van der Waals surface area contributed by atoms with Crippen LogP contribution in [-0.4, -0.2) is 36.1 Å². The van der Waals surface area contributed by atoms with Crippen LogP contribution in [0.2, 0.25) is 0 Å². The highest BCUT2D eigenvalue weighted by molar-refractivity contribution is 5.94. The first kappa shape index (κ1) is 21.8. The van der Waals surface area contributed by atoms with E-state index in [1.807, 2.05) is 53.5 Å². The largest absolute Gasteiger partial charge is 0.444 e. The predicted octanol–water partition coefficient (Wildman–Crippen LogP) is 4.52. The fourth-order valence-electron chi connectivity index (χ4n) is 3.79. The molecule has 6 nitrogen and oxygen atoms in total. The number of benzene rings is 2. The molecular weight excluding hydrogens is 378 g/mol. The van der Waals surface area contributed by atoms with E-state index in [0.29, 0.717) is 11.7 Å². The number of para-hydroxylation sites is 1. The van der Waals surface area contributed by atoms with Gasteiger partial charge < -0.3 is 4.74 Å². The Morgan fingerprint density at radius 2 is 1.77 bits per heavy atom. The van der Waals surface area contributed by atoms with Crippen molar-refractivity contribution in [1.29, 1.82) is 0 Å². The van der Waals surface area contributed by atoms with Gasteiger partial charge in [0.05, 0.1) is 0 Å². The van der Waals surface area contributed by atoms with Crippen LogP contribution in [-0.2, 0) is 16.1 Å². The van der Waals surface area contributed by atoms with Gasteiger partial charge in [-0.3, -0.25) is 15.1 Å². The third kappa shape index (κ3) is 6.32. The number of nitrogens with zero attached hydrogens (tertiary/aromatic N) is 2. The molecule has 0 saturated carbocycles. The molecule has 160 valence electrons. The molecule has 1 aliphatic rings. The summed E-state index contributed by atoms with van der Waals surface area (Å²) in [4.78, 5) is 27.0. The summed E-state index contributed by atoms with van der Waals surface area (Å²) in [6, 6.07) is 19.0. The van der Waals surface area contributed by atoms with Gasteiger partial charge in [-0.2, -0.15) is 0 Å². The standard InChI is InChI=1S/C24H31N3O3/c1-2-11-22-16-9-10-17-27(22)25-23(28)18-26(21-14-7-4-8-15-21)24(29)30-19-20-12-5-3-6-13-20/h3-8,12-15,22H,2,9-11,16-19H2,1H3,(H,25,28)/t22-/m1/s1. The highest BCUT2D eigenvalue weighted by atomic mass is 16.6. The fraction of sp³-hybridized carbons (Fsp3) is 0.417. The summed E-state index contributed by atoms with van der Waals surface area (Å²) >= 11 is 0. The average Bonchev–Trinajstić information content (AvgIpc) is 2.78. The second kappa shape index (κ2) is 11.4. The summed E-state index contributed by atoms with van der Waals surface area (Å²) in [6.45, 7) is 3.08. The maximum atomic E-state index is 12.8. The quantitative estimate of drug-likeness (QED) is 0.697. The van der Waals surface area contributed by atoms with E-state index in [2.05, 4.69) is 12.3 Å². The smallest absolute Gasteiger partial charge is 0.415 e. The van der Waals surface area contributed by atoms with Crippen molar-refractivity contribution in [2.45, 2.75) is 51.7 Å². The normalized spacial score (nSPS) is 16.6. The van der Waals surface area contributed by atoms with E-state index in [1.54, 1.807) is 12.1 Å². The van der Waals surface area contributed by atoms with Crippen LogP contribution in [0, 0.1) is 0 Å². The molecule has 3 rings (SSSR count). The van der Waals surface area contributed by atoms with Gasteiger partial charge in [0.25, 0.3) is 5.91 Å². The third-order valence-electron chi connectivity index (χ3n) is 5.31. The minimum atomic E-state index is -0.538. The van der Waals surface area contributed by atoms with Gasteiger partial charge in [0.15, 0.2) is 0 Å². The van der Waals surface area contributed by atoms with Gasteiger partial charge in [-0.25, -0.2) is 9.80 Å². The highest BCUT2D eigenvalue weighted by Gasteiger charge is 2.26. The molecule has 2 aromatic rings. The Labute approximate surface area is 178 Å². The van der Waals surface area contributed by atoms with Crippen LogP contribution in [0.25, 0.3) is 0 Å². The maximum absolute atomic E-state index is 12.8. The lowest BCUT2D eigenvalue weighted by Gasteiger charge is -2.36. The zero-order valence-corrected chi connectivity index (χ0v) is 17.6. The van der Waals surface area contributed by atoms with Gasteiger partial charge in [-0.05, 0) is 37.0 Å². The summed E-state index contributed by atoms with van der Waals surface area (Å²) in [7, 11) is 0. The molecule has 1 heterocycles. The van der Waals surface area contributed by atoms with Crippen LogP contribution in [0.5, 0.6) is 0 Å². The Morgan fingerprint density at radius 1 is 1.07 bits per heavy atom. The molecule has 2 aromatic carbocycles. The SMILES string of the molecule is CCC[C@@H]1CCCCN1NC(=O)CN(C(=O)OCc1ccccc1)c1ccccc1. The molecule has 2 amide bonds. The Balaban J connectivity index is 1.64. The lowest BCUT2D eigenvalue weighted by Crippen LogP contribution is -2.53. The molecule has 30 heavy (non-hydrogen) atoms. The van der Waals surface area contributed by atoms with Gasteiger partial charge in [0, 0.05) is 18.3 Å². The molecule has 1 N–H and O–H groups in total. The van der Waals surface area contributed by atoms with Crippen molar-refractivity contribution in [2.24, 2.45) is 0 Å². The van der Waals surface area contributed by atoms with Crippen molar-refractivity contribution >= 4 is 17.7 Å². The zero-order valence-electron chi connectivity index (χ0n) is 17.6. The molecule has 0 radical (unpaired) electrons. The highest BCUT2D eigenvalue weighted by Crippen LogP contribution is 2.19. The van der Waals surface area contributed by atoms with Gasteiger partial charge in [-0.1, -0.05) is 68.3 Å². The average molecular weight is 410 g/mol. The Bertz CT molecular complexity index is 796. The topological polar surface area (TPSA) is 61.9 Å². The summed E-state index contributed by atoms with van der Waals surface area (Å²) in [6.07, 6.45) is 4.96. The summed E-state index contributed by atoms with van der Waals surface area (Å²) in [5.74, 6) is -0.210. The number of carbonyl (C=O) groups excluding carboxylic acids is 2. The second-order valence-electron chi connectivity index (χ2n) is 7.63. The molecule has 1 atom stereocenters. The van der Waals surface area contributed by atoms with Crippen molar-refractivity contribution in [3.8, 4) is 0 Å². The summed E-state index contributed by atoms with van der Waals surface area (Å²) < 4.78 is 5.49. The summed E-state index contributed by atoms with van der Waals surface area (Å²) in [5, 5.41) is 2.05. The first-order valence-corrected chi connectivity index (χ1v) is 10.8. The molecule has 1 saturated heterocycles. The molecule has 6 heteroatoms. The molecular formula is C24H31N3O3. The number of carbonyl (C=O) groups is 2. The monoisotopic (exact) mass is 409 g/mol. The third-order valence-corrected chi connectivity index (χ3v) is 5.31. The number of amides is 2. The fourth-order valence-corrected chi connectivity index (χ4v) is 3.79. The Hall–Kier alpha value is -2.86. The van der Waals surface area contributed by atoms with Gasteiger partial charge >= 0.3 is 6.09 Å². The van der Waals surface area contributed by atoms with Crippen LogP contribution < -0.4 is 10.3 Å². The number of anilines is 1. The van der Waals surface area contributed by atoms with E-state index in [9.17, 15) is 9.59 Å². The molecule has 0 unspecified atom stereocenters. The number of ether oxygens (including phenoxy) is 1. The Kier molecular flexibility index (Phi) is 8.27. The zero-order chi connectivity index (χ0) is 21.2. The molecule has 0 aromatic heterocycles. The van der Waals surface area contributed by atoms with E-state index < -0.39 is 6.09 Å². The lowest BCUT2D eigenvalue weighted by molar-refractivity contribution is -0.126. The maximum Gasteiger partial charge on any atom is 0.415 e. The molecule has 1 fully saturated rings. The molecule has 1 aliphatic heterocycles. The second-order valence-corrected chi connectivity index (χ2v) is 7.63. The van der Waals surface area contributed by atoms with Crippen molar-refractivity contribution in [1.82, 2.24) is 10.4 Å². The van der Waals surface area contributed by atoms with Crippen molar-refractivity contribution < 1.29 is 14.3 Å². The number of hydrazine groups is 1. The predicted molar refractivity (Wildman–Crippen MR) is 118 cm³/mol. The molecule has 0 bridgehead atoms. The van der Waals surface area contributed by atoms with Crippen LogP contribution in [0.15, 0.2) is 60.7 Å². The number of piperidine rings is 1. The molecule has 0 aliphatic carbocycles. The lowest BCUT2D eigenvalue weighted by atomic mass is 10.0. The minimum absolute atomic E-state index is 0.0903. The van der Waals surface area contributed by atoms with Crippen LogP contribution in [0.1, 0.15) is 44.6 Å². The van der Waals surface area contributed by atoms with Crippen LogP contribution in [0.4, 0.5) is 10.5 Å². The first-order chi connectivity index (χ1) is 14.7. The first-order valence-electron chi connectivity index (χ1n) is 10.8. The van der Waals surface area contributed by atoms with Gasteiger partial charge in [-0.15, -0.1) is 0 Å². The van der Waals surface area contributed by atoms with E-state index in [-0.39, 0.29) is 19.1 Å². The van der Waals surface area contributed by atoms with Gasteiger partial charge in [0.1, 0.15) is 13.2 Å². The number of rotatable bonds is 8. The number of hydrogen-bond donors (Lipinski definition) is 1. The number of hydrogen-bond acceptors (Lipinski definition) is 4. The van der Waals surface area contributed by atoms with Crippen molar-refractivity contribution in [3.63, 3.8) is 0 Å². The van der Waals surface area contributed by atoms with Crippen molar-refractivity contribution in [3.05, 3.63) is 66.2 Å². The number of nitrogens with one attached hydrogen (secondary N) is 1. The van der Waals surface area contributed by atoms with E-state index in [4.69, 9.17) is 4.74 Å². The Morgan fingerprint density at radius 3 is 2.47 bits per heavy atom. The minimum Gasteiger partial charge on any atom is -0.444 e. The van der Waals surface area contributed by atoms with Crippen LogP contribution in [0.3, 0.4) is 0 Å². The van der Waals surface area contributed by atoms with Gasteiger partial charge in [0.2, 0.25) is 0 Å².